The number of allylic oxidation sites excluding steroid dienone is 1. The fourth-order valence-corrected chi connectivity index (χ4v) is 1.26. The molecule has 0 saturated heterocycles. The third kappa shape index (κ3) is 3.18. The van der Waals surface area contributed by atoms with E-state index in [1.807, 2.05) is 6.08 Å². The van der Waals surface area contributed by atoms with Crippen LogP contribution in [0.4, 0.5) is 0 Å². The van der Waals surface area contributed by atoms with Gasteiger partial charge in [0.05, 0.1) is 0 Å². The fraction of sp³-hybridized carbons (Fsp3) is 0.545. The van der Waals surface area contributed by atoms with Crippen molar-refractivity contribution in [2.75, 3.05) is 5.43 Å². The SMILES string of the molecule is CCC/C=C(\C)C(=O)Nn1nc(C)nc1C. The van der Waals surface area contributed by atoms with E-state index in [-0.39, 0.29) is 5.91 Å². The molecule has 0 aliphatic rings. The van der Waals surface area contributed by atoms with Gasteiger partial charge in [-0.05, 0) is 27.2 Å². The minimum absolute atomic E-state index is 0.138. The Kier molecular flexibility index (Phi) is 4.22. The molecule has 0 unspecified atom stereocenters. The van der Waals surface area contributed by atoms with Gasteiger partial charge in [0, 0.05) is 5.57 Å². The number of amides is 1. The van der Waals surface area contributed by atoms with Crippen molar-refractivity contribution in [2.45, 2.75) is 40.5 Å². The number of carbonyl (C=O) groups is 1. The van der Waals surface area contributed by atoms with Crippen LogP contribution in [-0.4, -0.2) is 20.8 Å². The first-order valence-corrected chi connectivity index (χ1v) is 5.43. The zero-order valence-corrected chi connectivity index (χ0v) is 10.2. The van der Waals surface area contributed by atoms with Crippen molar-refractivity contribution in [3.8, 4) is 0 Å². The Hall–Kier alpha value is -1.65. The van der Waals surface area contributed by atoms with Gasteiger partial charge in [-0.25, -0.2) is 10.4 Å². The van der Waals surface area contributed by atoms with Crippen LogP contribution in [0.3, 0.4) is 0 Å². The molecule has 1 aromatic heterocycles. The average molecular weight is 222 g/mol. The molecule has 1 rings (SSSR count). The molecule has 1 amide bonds. The van der Waals surface area contributed by atoms with E-state index in [2.05, 4.69) is 22.4 Å². The molecule has 1 heterocycles. The molecule has 5 nitrogen and oxygen atoms in total. The minimum Gasteiger partial charge on any atom is -0.268 e. The Balaban J connectivity index is 2.67. The average Bonchev–Trinajstić information content (AvgIpc) is 2.53. The summed E-state index contributed by atoms with van der Waals surface area (Å²) in [6.07, 6.45) is 3.87. The number of hydrogen-bond acceptors (Lipinski definition) is 3. The standard InChI is InChI=1S/C11H18N4O/c1-5-6-7-8(2)11(16)14-15-10(4)12-9(3)13-15/h7H,5-6H2,1-4H3,(H,14,16)/b8-7+. The molecule has 1 aromatic rings. The Bertz CT molecular complexity index is 406. The van der Waals surface area contributed by atoms with Gasteiger partial charge in [-0.1, -0.05) is 19.4 Å². The van der Waals surface area contributed by atoms with Gasteiger partial charge < -0.3 is 0 Å². The number of aryl methyl sites for hydroxylation is 2. The Labute approximate surface area is 95.5 Å². The predicted molar refractivity (Wildman–Crippen MR) is 62.5 cm³/mol. The third-order valence-electron chi connectivity index (χ3n) is 2.18. The molecule has 0 bridgehead atoms. The fourth-order valence-electron chi connectivity index (χ4n) is 1.26. The highest BCUT2D eigenvalue weighted by atomic mass is 16.2. The molecule has 1 N–H and O–H groups in total. The topological polar surface area (TPSA) is 59.8 Å². The summed E-state index contributed by atoms with van der Waals surface area (Å²) in [4.78, 5) is 17.2. The molecule has 0 aromatic carbocycles. The van der Waals surface area contributed by atoms with E-state index in [1.165, 1.54) is 4.79 Å². The van der Waals surface area contributed by atoms with E-state index in [4.69, 9.17) is 0 Å². The van der Waals surface area contributed by atoms with Crippen LogP contribution in [0.15, 0.2) is 11.6 Å². The van der Waals surface area contributed by atoms with Crippen molar-refractivity contribution < 1.29 is 4.79 Å². The van der Waals surface area contributed by atoms with Crippen LogP contribution in [0.5, 0.6) is 0 Å². The summed E-state index contributed by atoms with van der Waals surface area (Å²) in [7, 11) is 0. The van der Waals surface area contributed by atoms with Gasteiger partial charge >= 0.3 is 0 Å². The summed E-state index contributed by atoms with van der Waals surface area (Å²) in [6, 6.07) is 0. The second-order valence-corrected chi connectivity index (χ2v) is 3.73. The summed E-state index contributed by atoms with van der Waals surface area (Å²) >= 11 is 0. The van der Waals surface area contributed by atoms with Gasteiger partial charge in [0.2, 0.25) is 0 Å². The predicted octanol–water partition coefficient (Wildman–Crippen LogP) is 1.71. The highest BCUT2D eigenvalue weighted by Gasteiger charge is 2.07. The number of hydrogen-bond donors (Lipinski definition) is 1. The first-order chi connectivity index (χ1) is 7.54. The molecule has 0 spiro atoms. The lowest BCUT2D eigenvalue weighted by Crippen LogP contribution is -2.25. The van der Waals surface area contributed by atoms with Crippen molar-refractivity contribution in [2.24, 2.45) is 0 Å². The maximum Gasteiger partial charge on any atom is 0.266 e. The molecule has 0 atom stereocenters. The first-order valence-electron chi connectivity index (χ1n) is 5.43. The third-order valence-corrected chi connectivity index (χ3v) is 2.18. The summed E-state index contributed by atoms with van der Waals surface area (Å²) in [6.45, 7) is 7.46. The molecule has 0 fully saturated rings. The number of carbonyl (C=O) groups excluding carboxylic acids is 1. The highest BCUT2D eigenvalue weighted by molar-refractivity contribution is 5.98. The van der Waals surface area contributed by atoms with Crippen LogP contribution in [0.1, 0.15) is 38.3 Å². The lowest BCUT2D eigenvalue weighted by molar-refractivity contribution is -0.113. The molecule has 0 saturated carbocycles. The van der Waals surface area contributed by atoms with Gasteiger partial charge in [0.1, 0.15) is 11.6 Å². The summed E-state index contributed by atoms with van der Waals surface area (Å²) in [5, 5.41) is 4.06. The van der Waals surface area contributed by atoms with Crippen LogP contribution in [0.25, 0.3) is 0 Å². The van der Waals surface area contributed by atoms with E-state index in [1.54, 1.807) is 20.8 Å². The summed E-state index contributed by atoms with van der Waals surface area (Å²) in [5.41, 5.74) is 3.38. The van der Waals surface area contributed by atoms with Gasteiger partial charge in [0.25, 0.3) is 5.91 Å². The number of rotatable bonds is 4. The van der Waals surface area contributed by atoms with Gasteiger partial charge in [-0.2, -0.15) is 4.79 Å². The quantitative estimate of drug-likeness (QED) is 0.789. The van der Waals surface area contributed by atoms with Crippen molar-refractivity contribution in [1.82, 2.24) is 14.9 Å². The maximum absolute atomic E-state index is 11.7. The van der Waals surface area contributed by atoms with Crippen molar-refractivity contribution >= 4 is 5.91 Å². The van der Waals surface area contributed by atoms with Crippen LogP contribution in [-0.2, 0) is 4.79 Å². The second kappa shape index (κ2) is 5.44. The van der Waals surface area contributed by atoms with Gasteiger partial charge in [-0.15, -0.1) is 5.10 Å². The molecule has 0 aliphatic carbocycles. The van der Waals surface area contributed by atoms with Gasteiger partial charge in [-0.3, -0.25) is 4.79 Å². The number of nitrogens with zero attached hydrogens (tertiary/aromatic N) is 3. The second-order valence-electron chi connectivity index (χ2n) is 3.73. The van der Waals surface area contributed by atoms with Gasteiger partial charge in [0.15, 0.2) is 0 Å². The molecule has 88 valence electrons. The lowest BCUT2D eigenvalue weighted by atomic mass is 10.2. The molecular formula is C11H18N4O. The smallest absolute Gasteiger partial charge is 0.266 e. The number of aromatic nitrogens is 3. The summed E-state index contributed by atoms with van der Waals surface area (Å²) < 4.78 is 0. The van der Waals surface area contributed by atoms with E-state index in [9.17, 15) is 4.79 Å². The monoisotopic (exact) mass is 222 g/mol. The molecule has 0 aliphatic heterocycles. The molecular weight excluding hydrogens is 204 g/mol. The Morgan fingerprint density at radius 3 is 2.69 bits per heavy atom. The lowest BCUT2D eigenvalue weighted by Gasteiger charge is -2.05. The van der Waals surface area contributed by atoms with Crippen LogP contribution in [0, 0.1) is 13.8 Å². The molecule has 16 heavy (non-hydrogen) atoms. The van der Waals surface area contributed by atoms with E-state index >= 15 is 0 Å². The Morgan fingerprint density at radius 1 is 1.50 bits per heavy atom. The number of nitrogens with one attached hydrogen (secondary N) is 1. The van der Waals surface area contributed by atoms with Crippen molar-refractivity contribution in [3.05, 3.63) is 23.3 Å². The van der Waals surface area contributed by atoms with Crippen LogP contribution >= 0.6 is 0 Å². The van der Waals surface area contributed by atoms with E-state index in [0.29, 0.717) is 17.2 Å². The van der Waals surface area contributed by atoms with Crippen molar-refractivity contribution in [1.29, 1.82) is 0 Å². The van der Waals surface area contributed by atoms with Crippen molar-refractivity contribution in [3.63, 3.8) is 0 Å². The van der Waals surface area contributed by atoms with E-state index in [0.717, 1.165) is 12.8 Å². The molecule has 5 heteroatoms. The zero-order chi connectivity index (χ0) is 12.1. The largest absolute Gasteiger partial charge is 0.268 e. The normalized spacial score (nSPS) is 11.6. The zero-order valence-electron chi connectivity index (χ0n) is 10.2. The summed E-state index contributed by atoms with van der Waals surface area (Å²) in [5.74, 6) is 1.18. The van der Waals surface area contributed by atoms with Crippen LogP contribution in [0.2, 0.25) is 0 Å². The molecule has 0 radical (unpaired) electrons. The number of unbranched alkanes of at least 4 members (excludes halogenated alkanes) is 1. The first kappa shape index (κ1) is 12.4. The van der Waals surface area contributed by atoms with E-state index < -0.39 is 0 Å². The minimum atomic E-state index is -0.138. The maximum atomic E-state index is 11.7. The Morgan fingerprint density at radius 2 is 2.19 bits per heavy atom. The highest BCUT2D eigenvalue weighted by Crippen LogP contribution is 2.00. The van der Waals surface area contributed by atoms with Crippen LogP contribution < -0.4 is 5.43 Å².